The summed E-state index contributed by atoms with van der Waals surface area (Å²) >= 11 is 0. The standard InChI is InChI=1S/C12H12BNO2/c15-13(16)10-6-8-12(9-7-10)14-11-4-2-1-3-5-11/h1-9,14-16H. The number of hydrogen-bond acceptors (Lipinski definition) is 3. The molecule has 2 rings (SSSR count). The molecule has 0 aliphatic rings. The van der Waals surface area contributed by atoms with Crippen LogP contribution in [0.25, 0.3) is 0 Å². The van der Waals surface area contributed by atoms with Gasteiger partial charge in [-0.25, -0.2) is 0 Å². The molecule has 0 amide bonds. The molecule has 2 aromatic rings. The zero-order chi connectivity index (χ0) is 11.4. The molecule has 0 fully saturated rings. The van der Waals surface area contributed by atoms with Crippen LogP contribution >= 0.6 is 0 Å². The van der Waals surface area contributed by atoms with Crippen molar-refractivity contribution in [2.24, 2.45) is 0 Å². The second-order valence-electron chi connectivity index (χ2n) is 3.49. The quantitative estimate of drug-likeness (QED) is 0.669. The van der Waals surface area contributed by atoms with Crippen LogP contribution in [0, 0.1) is 0 Å². The van der Waals surface area contributed by atoms with E-state index in [1.165, 1.54) is 0 Å². The first kappa shape index (κ1) is 10.7. The van der Waals surface area contributed by atoms with Crippen LogP contribution in [-0.4, -0.2) is 17.2 Å². The predicted octanol–water partition coefficient (Wildman–Crippen LogP) is 1.11. The van der Waals surface area contributed by atoms with Gasteiger partial charge in [0.25, 0.3) is 0 Å². The third-order valence-electron chi connectivity index (χ3n) is 2.27. The minimum Gasteiger partial charge on any atom is -0.423 e. The first-order valence-electron chi connectivity index (χ1n) is 5.04. The van der Waals surface area contributed by atoms with Gasteiger partial charge in [-0.3, -0.25) is 0 Å². The number of anilines is 2. The normalized spacial score (nSPS) is 9.88. The van der Waals surface area contributed by atoms with E-state index in [-0.39, 0.29) is 0 Å². The van der Waals surface area contributed by atoms with Crippen LogP contribution in [0.2, 0.25) is 0 Å². The lowest BCUT2D eigenvalue weighted by atomic mass is 9.80. The van der Waals surface area contributed by atoms with Gasteiger partial charge in [0.15, 0.2) is 0 Å². The summed E-state index contributed by atoms with van der Waals surface area (Å²) in [7, 11) is -1.41. The van der Waals surface area contributed by atoms with Gasteiger partial charge in [-0.05, 0) is 29.7 Å². The molecule has 3 N–H and O–H groups in total. The number of rotatable bonds is 3. The van der Waals surface area contributed by atoms with Crippen molar-refractivity contribution in [3.8, 4) is 0 Å². The second-order valence-corrected chi connectivity index (χ2v) is 3.49. The highest BCUT2D eigenvalue weighted by atomic mass is 16.4. The SMILES string of the molecule is OB(O)c1ccc(Nc2ccccc2)cc1. The summed E-state index contributed by atoms with van der Waals surface area (Å²) in [5.41, 5.74) is 2.40. The monoisotopic (exact) mass is 213 g/mol. The van der Waals surface area contributed by atoms with Gasteiger partial charge in [-0.1, -0.05) is 30.3 Å². The van der Waals surface area contributed by atoms with Crippen molar-refractivity contribution in [1.29, 1.82) is 0 Å². The van der Waals surface area contributed by atoms with Gasteiger partial charge < -0.3 is 15.4 Å². The molecule has 16 heavy (non-hydrogen) atoms. The van der Waals surface area contributed by atoms with Gasteiger partial charge in [-0.15, -0.1) is 0 Å². The average Bonchev–Trinajstić information content (AvgIpc) is 2.31. The van der Waals surface area contributed by atoms with Crippen LogP contribution in [-0.2, 0) is 0 Å². The van der Waals surface area contributed by atoms with Crippen LogP contribution in [0.4, 0.5) is 11.4 Å². The van der Waals surface area contributed by atoms with Crippen LogP contribution in [0.3, 0.4) is 0 Å². The molecule has 0 radical (unpaired) electrons. The van der Waals surface area contributed by atoms with Gasteiger partial charge in [-0.2, -0.15) is 0 Å². The maximum Gasteiger partial charge on any atom is 0.488 e. The Morgan fingerprint density at radius 3 is 1.88 bits per heavy atom. The molecule has 0 aliphatic carbocycles. The Bertz CT molecular complexity index is 442. The van der Waals surface area contributed by atoms with Gasteiger partial charge in [0.2, 0.25) is 0 Å². The topological polar surface area (TPSA) is 52.5 Å². The predicted molar refractivity (Wildman–Crippen MR) is 66.0 cm³/mol. The summed E-state index contributed by atoms with van der Waals surface area (Å²) in [6, 6.07) is 16.8. The summed E-state index contributed by atoms with van der Waals surface area (Å²) in [5.74, 6) is 0. The molecule has 80 valence electrons. The lowest BCUT2D eigenvalue weighted by molar-refractivity contribution is 0.426. The largest absolute Gasteiger partial charge is 0.488 e. The molecule has 0 aromatic heterocycles. The van der Waals surface area contributed by atoms with Crippen LogP contribution < -0.4 is 10.8 Å². The molecule has 0 saturated heterocycles. The third-order valence-corrected chi connectivity index (χ3v) is 2.27. The van der Waals surface area contributed by atoms with Crippen molar-refractivity contribution in [3.05, 3.63) is 54.6 Å². The Hall–Kier alpha value is -1.78. The zero-order valence-corrected chi connectivity index (χ0v) is 8.67. The zero-order valence-electron chi connectivity index (χ0n) is 8.67. The average molecular weight is 213 g/mol. The van der Waals surface area contributed by atoms with E-state index in [0.717, 1.165) is 11.4 Å². The second kappa shape index (κ2) is 4.83. The molecule has 0 aliphatic heterocycles. The molecule has 0 spiro atoms. The molecule has 0 saturated carbocycles. The van der Waals surface area contributed by atoms with Crippen LogP contribution in [0.15, 0.2) is 54.6 Å². The third kappa shape index (κ3) is 2.62. The van der Waals surface area contributed by atoms with E-state index >= 15 is 0 Å². The fourth-order valence-electron chi connectivity index (χ4n) is 1.43. The lowest BCUT2D eigenvalue weighted by Gasteiger charge is -2.06. The Balaban J connectivity index is 2.11. The van der Waals surface area contributed by atoms with Gasteiger partial charge in [0.05, 0.1) is 0 Å². The number of benzene rings is 2. The number of para-hydroxylation sites is 1. The van der Waals surface area contributed by atoms with Crippen molar-refractivity contribution in [2.75, 3.05) is 5.32 Å². The Kier molecular flexibility index (Phi) is 3.24. The molecule has 0 atom stereocenters. The maximum absolute atomic E-state index is 8.94. The Labute approximate surface area is 94.5 Å². The Morgan fingerprint density at radius 2 is 1.31 bits per heavy atom. The minimum absolute atomic E-state index is 0.485. The molecule has 0 heterocycles. The number of hydrogen-bond donors (Lipinski definition) is 3. The van der Waals surface area contributed by atoms with Gasteiger partial charge in [0.1, 0.15) is 0 Å². The van der Waals surface area contributed by atoms with Crippen molar-refractivity contribution in [1.82, 2.24) is 0 Å². The van der Waals surface area contributed by atoms with E-state index in [1.54, 1.807) is 12.1 Å². The maximum atomic E-state index is 8.94. The van der Waals surface area contributed by atoms with E-state index < -0.39 is 7.12 Å². The molecular formula is C12H12BNO2. The summed E-state index contributed by atoms with van der Waals surface area (Å²) < 4.78 is 0. The number of nitrogens with one attached hydrogen (secondary N) is 1. The van der Waals surface area contributed by atoms with Crippen molar-refractivity contribution in [2.45, 2.75) is 0 Å². The molecule has 0 unspecified atom stereocenters. The van der Waals surface area contributed by atoms with E-state index in [9.17, 15) is 0 Å². The molecular weight excluding hydrogens is 201 g/mol. The van der Waals surface area contributed by atoms with Crippen molar-refractivity contribution >= 4 is 24.0 Å². The first-order chi connectivity index (χ1) is 7.75. The van der Waals surface area contributed by atoms with E-state index in [1.807, 2.05) is 42.5 Å². The first-order valence-corrected chi connectivity index (χ1v) is 5.04. The van der Waals surface area contributed by atoms with E-state index in [2.05, 4.69) is 5.32 Å². The molecule has 3 nitrogen and oxygen atoms in total. The fourth-order valence-corrected chi connectivity index (χ4v) is 1.43. The summed E-state index contributed by atoms with van der Waals surface area (Å²) in [6.07, 6.45) is 0. The van der Waals surface area contributed by atoms with E-state index in [4.69, 9.17) is 10.0 Å². The lowest BCUT2D eigenvalue weighted by Crippen LogP contribution is -2.29. The van der Waals surface area contributed by atoms with Gasteiger partial charge in [0, 0.05) is 11.4 Å². The molecule has 2 aromatic carbocycles. The molecule has 4 heteroatoms. The van der Waals surface area contributed by atoms with Crippen molar-refractivity contribution < 1.29 is 10.0 Å². The Morgan fingerprint density at radius 1 is 0.750 bits per heavy atom. The fraction of sp³-hybridized carbons (Fsp3) is 0. The summed E-state index contributed by atoms with van der Waals surface area (Å²) in [4.78, 5) is 0. The van der Waals surface area contributed by atoms with E-state index in [0.29, 0.717) is 5.46 Å². The molecule has 0 bridgehead atoms. The van der Waals surface area contributed by atoms with Crippen LogP contribution in [0.5, 0.6) is 0 Å². The van der Waals surface area contributed by atoms with Crippen LogP contribution in [0.1, 0.15) is 0 Å². The smallest absolute Gasteiger partial charge is 0.423 e. The van der Waals surface area contributed by atoms with Crippen molar-refractivity contribution in [3.63, 3.8) is 0 Å². The van der Waals surface area contributed by atoms with Gasteiger partial charge >= 0.3 is 7.12 Å². The highest BCUT2D eigenvalue weighted by molar-refractivity contribution is 6.58. The summed E-state index contributed by atoms with van der Waals surface area (Å²) in [5, 5.41) is 21.1. The highest BCUT2D eigenvalue weighted by Crippen LogP contribution is 2.14. The summed E-state index contributed by atoms with van der Waals surface area (Å²) in [6.45, 7) is 0. The highest BCUT2D eigenvalue weighted by Gasteiger charge is 2.09. The minimum atomic E-state index is -1.41.